The summed E-state index contributed by atoms with van der Waals surface area (Å²) in [5.74, 6) is 2.14. The Morgan fingerprint density at radius 2 is 1.92 bits per heavy atom. The summed E-state index contributed by atoms with van der Waals surface area (Å²) in [7, 11) is 0. The molecule has 4 rings (SSSR count). The van der Waals surface area contributed by atoms with Gasteiger partial charge in [-0.2, -0.15) is 0 Å². The molecule has 1 unspecified atom stereocenters. The Morgan fingerprint density at radius 3 is 2.80 bits per heavy atom. The highest BCUT2D eigenvalue weighted by Crippen LogP contribution is 2.29. The van der Waals surface area contributed by atoms with Crippen molar-refractivity contribution >= 4 is 5.82 Å². The highest BCUT2D eigenvalue weighted by atomic mass is 15.2. The molecule has 4 heteroatoms. The summed E-state index contributed by atoms with van der Waals surface area (Å²) in [6, 6.07) is 11.2. The van der Waals surface area contributed by atoms with E-state index in [9.17, 15) is 0 Å². The summed E-state index contributed by atoms with van der Waals surface area (Å²) >= 11 is 0. The fourth-order valence-corrected chi connectivity index (χ4v) is 4.15. The van der Waals surface area contributed by atoms with Gasteiger partial charge in [0.05, 0.1) is 0 Å². The van der Waals surface area contributed by atoms with Crippen LogP contribution in [-0.4, -0.2) is 29.1 Å². The SMILES string of the molecule is Cc1nc2c(c(N3CCCC(NCc4ccccc4)C3)n1)CCCC2. The number of piperidine rings is 1. The van der Waals surface area contributed by atoms with Crippen LogP contribution < -0.4 is 10.2 Å². The standard InChI is InChI=1S/C21H28N4/c1-16-23-20-12-6-5-11-19(20)21(24-16)25-13-7-10-18(15-25)22-14-17-8-3-2-4-9-17/h2-4,8-9,18,22H,5-7,10-15H2,1H3. The van der Waals surface area contributed by atoms with Crippen LogP contribution in [0.3, 0.4) is 0 Å². The van der Waals surface area contributed by atoms with E-state index in [2.05, 4.69) is 40.5 Å². The number of fused-ring (bicyclic) bond motifs is 1. The molecule has 2 heterocycles. The largest absolute Gasteiger partial charge is 0.355 e. The molecule has 132 valence electrons. The number of hydrogen-bond acceptors (Lipinski definition) is 4. The summed E-state index contributed by atoms with van der Waals surface area (Å²) in [6.45, 7) is 5.15. The Labute approximate surface area is 150 Å². The molecule has 1 N–H and O–H groups in total. The van der Waals surface area contributed by atoms with E-state index in [1.165, 1.54) is 48.3 Å². The second-order valence-corrected chi connectivity index (χ2v) is 7.38. The molecule has 0 radical (unpaired) electrons. The van der Waals surface area contributed by atoms with Gasteiger partial charge in [-0.05, 0) is 51.0 Å². The zero-order valence-electron chi connectivity index (χ0n) is 15.2. The smallest absolute Gasteiger partial charge is 0.135 e. The molecule has 1 fully saturated rings. The quantitative estimate of drug-likeness (QED) is 0.929. The van der Waals surface area contributed by atoms with Crippen molar-refractivity contribution in [3.8, 4) is 0 Å². The van der Waals surface area contributed by atoms with Crippen molar-refractivity contribution in [1.82, 2.24) is 15.3 Å². The summed E-state index contributed by atoms with van der Waals surface area (Å²) in [5.41, 5.74) is 4.07. The lowest BCUT2D eigenvalue weighted by molar-refractivity contribution is 0.418. The van der Waals surface area contributed by atoms with Gasteiger partial charge in [0.15, 0.2) is 0 Å². The number of aryl methyl sites for hydroxylation is 2. The highest BCUT2D eigenvalue weighted by molar-refractivity contribution is 5.51. The Balaban J connectivity index is 1.47. The molecule has 0 spiro atoms. The van der Waals surface area contributed by atoms with Crippen LogP contribution in [0.15, 0.2) is 30.3 Å². The first-order valence-corrected chi connectivity index (χ1v) is 9.68. The molecule has 2 aromatic rings. The molecule has 1 aromatic carbocycles. The molecule has 0 bridgehead atoms. The minimum Gasteiger partial charge on any atom is -0.355 e. The van der Waals surface area contributed by atoms with Crippen LogP contribution in [0, 0.1) is 6.92 Å². The second kappa shape index (κ2) is 7.52. The minimum atomic E-state index is 0.531. The lowest BCUT2D eigenvalue weighted by Crippen LogP contribution is -2.46. The van der Waals surface area contributed by atoms with E-state index in [1.807, 2.05) is 6.92 Å². The predicted octanol–water partition coefficient (Wildman–Crippen LogP) is 3.42. The van der Waals surface area contributed by atoms with Crippen LogP contribution in [0.2, 0.25) is 0 Å². The van der Waals surface area contributed by atoms with Gasteiger partial charge in [-0.3, -0.25) is 0 Å². The van der Waals surface area contributed by atoms with Crippen molar-refractivity contribution in [2.24, 2.45) is 0 Å². The van der Waals surface area contributed by atoms with Crippen LogP contribution in [0.5, 0.6) is 0 Å². The molecule has 4 nitrogen and oxygen atoms in total. The Kier molecular flexibility index (Phi) is 4.97. The third kappa shape index (κ3) is 3.84. The van der Waals surface area contributed by atoms with E-state index in [1.54, 1.807) is 0 Å². The molecule has 0 saturated carbocycles. The average molecular weight is 336 g/mol. The molecular formula is C21H28N4. The van der Waals surface area contributed by atoms with E-state index in [4.69, 9.17) is 9.97 Å². The first-order valence-electron chi connectivity index (χ1n) is 9.68. The van der Waals surface area contributed by atoms with Gasteiger partial charge < -0.3 is 10.2 Å². The lowest BCUT2D eigenvalue weighted by atomic mass is 9.95. The third-order valence-electron chi connectivity index (χ3n) is 5.43. The third-order valence-corrected chi connectivity index (χ3v) is 5.43. The topological polar surface area (TPSA) is 41.1 Å². The number of benzene rings is 1. The fraction of sp³-hybridized carbons (Fsp3) is 0.524. The number of aromatic nitrogens is 2. The van der Waals surface area contributed by atoms with Gasteiger partial charge in [-0.1, -0.05) is 30.3 Å². The van der Waals surface area contributed by atoms with Crippen molar-refractivity contribution in [3.63, 3.8) is 0 Å². The fourth-order valence-electron chi connectivity index (χ4n) is 4.15. The lowest BCUT2D eigenvalue weighted by Gasteiger charge is -2.36. The molecule has 0 amide bonds. The van der Waals surface area contributed by atoms with Gasteiger partial charge in [0.25, 0.3) is 0 Å². The predicted molar refractivity (Wildman–Crippen MR) is 102 cm³/mol. The monoisotopic (exact) mass is 336 g/mol. The van der Waals surface area contributed by atoms with Gasteiger partial charge in [0.2, 0.25) is 0 Å². The first kappa shape index (κ1) is 16.5. The molecule has 1 aromatic heterocycles. The van der Waals surface area contributed by atoms with Gasteiger partial charge in [0.1, 0.15) is 11.6 Å². The number of nitrogens with zero attached hydrogens (tertiary/aromatic N) is 3. The highest BCUT2D eigenvalue weighted by Gasteiger charge is 2.25. The van der Waals surface area contributed by atoms with Crippen LogP contribution in [0.1, 0.15) is 48.3 Å². The Bertz CT molecular complexity index is 713. The van der Waals surface area contributed by atoms with E-state index in [0.29, 0.717) is 6.04 Å². The van der Waals surface area contributed by atoms with Gasteiger partial charge in [0, 0.05) is 36.9 Å². The normalized spacial score (nSPS) is 20.4. The summed E-state index contributed by atoms with van der Waals surface area (Å²) in [4.78, 5) is 12.1. The summed E-state index contributed by atoms with van der Waals surface area (Å²) in [5, 5.41) is 3.75. The Hall–Kier alpha value is -1.94. The van der Waals surface area contributed by atoms with E-state index >= 15 is 0 Å². The molecule has 1 aliphatic heterocycles. The molecule has 1 aliphatic carbocycles. The van der Waals surface area contributed by atoms with Crippen LogP contribution in [0.4, 0.5) is 5.82 Å². The van der Waals surface area contributed by atoms with Crippen LogP contribution >= 0.6 is 0 Å². The van der Waals surface area contributed by atoms with E-state index in [-0.39, 0.29) is 0 Å². The summed E-state index contributed by atoms with van der Waals surface area (Å²) in [6.07, 6.45) is 7.28. The van der Waals surface area contributed by atoms with Crippen LogP contribution in [-0.2, 0) is 19.4 Å². The second-order valence-electron chi connectivity index (χ2n) is 7.38. The number of anilines is 1. The van der Waals surface area contributed by atoms with Crippen molar-refractivity contribution < 1.29 is 0 Å². The van der Waals surface area contributed by atoms with E-state index < -0.39 is 0 Å². The summed E-state index contributed by atoms with van der Waals surface area (Å²) < 4.78 is 0. The van der Waals surface area contributed by atoms with Gasteiger partial charge >= 0.3 is 0 Å². The van der Waals surface area contributed by atoms with Crippen molar-refractivity contribution in [2.45, 2.75) is 58.0 Å². The van der Waals surface area contributed by atoms with Crippen molar-refractivity contribution in [1.29, 1.82) is 0 Å². The van der Waals surface area contributed by atoms with Crippen molar-refractivity contribution in [3.05, 3.63) is 53.0 Å². The molecule has 1 atom stereocenters. The number of rotatable bonds is 4. The zero-order valence-corrected chi connectivity index (χ0v) is 15.2. The maximum Gasteiger partial charge on any atom is 0.135 e. The number of nitrogens with one attached hydrogen (secondary N) is 1. The average Bonchev–Trinajstić information content (AvgIpc) is 2.67. The molecule has 1 saturated heterocycles. The van der Waals surface area contributed by atoms with Crippen molar-refractivity contribution in [2.75, 3.05) is 18.0 Å². The van der Waals surface area contributed by atoms with E-state index in [0.717, 1.165) is 38.3 Å². The maximum absolute atomic E-state index is 4.85. The Morgan fingerprint density at radius 1 is 1.08 bits per heavy atom. The first-order chi connectivity index (χ1) is 12.3. The van der Waals surface area contributed by atoms with Gasteiger partial charge in [-0.15, -0.1) is 0 Å². The van der Waals surface area contributed by atoms with Gasteiger partial charge in [-0.25, -0.2) is 9.97 Å². The number of hydrogen-bond donors (Lipinski definition) is 1. The molecule has 25 heavy (non-hydrogen) atoms. The maximum atomic E-state index is 4.85. The minimum absolute atomic E-state index is 0.531. The molecule has 2 aliphatic rings. The zero-order chi connectivity index (χ0) is 17.1. The van der Waals surface area contributed by atoms with Crippen LogP contribution in [0.25, 0.3) is 0 Å². The molecular weight excluding hydrogens is 308 g/mol.